The molecule has 1 aliphatic carbocycles. The molecule has 0 spiro atoms. The van der Waals surface area contributed by atoms with Crippen molar-refractivity contribution in [3.05, 3.63) is 48.0 Å². The summed E-state index contributed by atoms with van der Waals surface area (Å²) in [7, 11) is 0. The smallest absolute Gasteiger partial charge is 0.00481 e. The Labute approximate surface area is 86.7 Å². The Morgan fingerprint density at radius 1 is 1.14 bits per heavy atom. The molecule has 0 amide bonds. The fourth-order valence-corrected chi connectivity index (χ4v) is 2.41. The van der Waals surface area contributed by atoms with E-state index < -0.39 is 0 Å². The first-order chi connectivity index (χ1) is 6.79. The molecule has 0 radical (unpaired) electrons. The van der Waals surface area contributed by atoms with Crippen LogP contribution in [-0.4, -0.2) is 0 Å². The minimum Gasteiger partial charge on any atom is -0.0990 e. The third-order valence-corrected chi connectivity index (χ3v) is 3.41. The molecule has 0 heterocycles. The molecule has 0 unspecified atom stereocenters. The van der Waals surface area contributed by atoms with Gasteiger partial charge in [-0.05, 0) is 24.3 Å². The van der Waals surface area contributed by atoms with Gasteiger partial charge in [-0.3, -0.25) is 0 Å². The van der Waals surface area contributed by atoms with Gasteiger partial charge in [0.1, 0.15) is 0 Å². The number of rotatable bonds is 1. The number of hydrogen-bond acceptors (Lipinski definition) is 0. The van der Waals surface area contributed by atoms with Crippen molar-refractivity contribution in [2.24, 2.45) is 5.92 Å². The first kappa shape index (κ1) is 9.51. The highest BCUT2D eigenvalue weighted by Crippen LogP contribution is 2.39. The molecule has 1 saturated carbocycles. The fourth-order valence-electron chi connectivity index (χ4n) is 2.41. The first-order valence-electron chi connectivity index (χ1n) is 5.52. The zero-order valence-corrected chi connectivity index (χ0v) is 8.87. The molecule has 1 aliphatic rings. The van der Waals surface area contributed by atoms with Crippen molar-refractivity contribution in [3.63, 3.8) is 0 Å². The lowest BCUT2D eigenvalue weighted by atomic mass is 9.75. The Morgan fingerprint density at radius 3 is 2.57 bits per heavy atom. The summed E-state index contributed by atoms with van der Waals surface area (Å²) in [6, 6.07) is 10.8. The molecule has 0 bridgehead atoms. The summed E-state index contributed by atoms with van der Waals surface area (Å²) in [6.07, 6.45) is 3.95. The maximum absolute atomic E-state index is 4.25. The summed E-state index contributed by atoms with van der Waals surface area (Å²) in [5.74, 6) is 1.31. The van der Waals surface area contributed by atoms with Gasteiger partial charge in [0, 0.05) is 5.92 Å². The Hall–Kier alpha value is -1.04. The molecule has 0 nitrogen and oxygen atoms in total. The fraction of sp³-hybridized carbons (Fsp3) is 0.429. The second-order valence-electron chi connectivity index (χ2n) is 4.37. The summed E-state index contributed by atoms with van der Waals surface area (Å²) < 4.78 is 0. The van der Waals surface area contributed by atoms with Crippen LogP contribution in [-0.2, 0) is 0 Å². The highest BCUT2D eigenvalue weighted by atomic mass is 14.3. The predicted molar refractivity (Wildman–Crippen MR) is 61.3 cm³/mol. The highest BCUT2D eigenvalue weighted by Gasteiger charge is 2.23. The van der Waals surface area contributed by atoms with Crippen LogP contribution in [0.3, 0.4) is 0 Å². The molecule has 0 aliphatic heterocycles. The Kier molecular flexibility index (Phi) is 2.72. The average Bonchev–Trinajstić information content (AvgIpc) is 2.23. The Morgan fingerprint density at radius 2 is 1.86 bits per heavy atom. The standard InChI is InChI=1S/C14H18/c1-11-7-6-10-14(12(11)2)13-8-4-3-5-9-13/h3-5,8-9,11,14H,2,6-7,10H2,1H3/t11-,14-/m1/s1. The molecular weight excluding hydrogens is 168 g/mol. The molecule has 1 aromatic rings. The lowest BCUT2D eigenvalue weighted by molar-refractivity contribution is 0.447. The van der Waals surface area contributed by atoms with Crippen LogP contribution in [0.5, 0.6) is 0 Å². The van der Waals surface area contributed by atoms with E-state index >= 15 is 0 Å². The van der Waals surface area contributed by atoms with E-state index in [0.717, 1.165) is 0 Å². The molecule has 0 heteroatoms. The summed E-state index contributed by atoms with van der Waals surface area (Å²) >= 11 is 0. The van der Waals surface area contributed by atoms with Gasteiger partial charge in [0.25, 0.3) is 0 Å². The first-order valence-corrected chi connectivity index (χ1v) is 5.52. The van der Waals surface area contributed by atoms with Gasteiger partial charge in [-0.1, -0.05) is 55.8 Å². The molecule has 14 heavy (non-hydrogen) atoms. The van der Waals surface area contributed by atoms with E-state index in [1.807, 2.05) is 0 Å². The van der Waals surface area contributed by atoms with E-state index in [4.69, 9.17) is 0 Å². The van der Waals surface area contributed by atoms with Gasteiger partial charge in [0.15, 0.2) is 0 Å². The lowest BCUT2D eigenvalue weighted by Gasteiger charge is -2.30. The Bertz CT molecular complexity index is 310. The van der Waals surface area contributed by atoms with Gasteiger partial charge in [-0.25, -0.2) is 0 Å². The second-order valence-corrected chi connectivity index (χ2v) is 4.37. The van der Waals surface area contributed by atoms with E-state index in [0.29, 0.717) is 11.8 Å². The van der Waals surface area contributed by atoms with Crippen LogP contribution < -0.4 is 0 Å². The molecule has 0 aromatic heterocycles. The lowest BCUT2D eigenvalue weighted by Crippen LogP contribution is -2.14. The van der Waals surface area contributed by atoms with Crippen LogP contribution in [0.2, 0.25) is 0 Å². The summed E-state index contributed by atoms with van der Waals surface area (Å²) in [5.41, 5.74) is 2.88. The van der Waals surface area contributed by atoms with Crippen LogP contribution in [0.25, 0.3) is 0 Å². The molecule has 0 saturated heterocycles. The highest BCUT2D eigenvalue weighted by molar-refractivity contribution is 5.29. The zero-order chi connectivity index (χ0) is 9.97. The van der Waals surface area contributed by atoms with E-state index in [9.17, 15) is 0 Å². The van der Waals surface area contributed by atoms with Crippen LogP contribution in [0.1, 0.15) is 37.7 Å². The number of benzene rings is 1. The van der Waals surface area contributed by atoms with Gasteiger partial charge in [0.2, 0.25) is 0 Å². The van der Waals surface area contributed by atoms with Crippen molar-refractivity contribution in [3.8, 4) is 0 Å². The van der Waals surface area contributed by atoms with Crippen LogP contribution in [0.4, 0.5) is 0 Å². The van der Waals surface area contributed by atoms with E-state index in [-0.39, 0.29) is 0 Å². The third kappa shape index (κ3) is 1.75. The van der Waals surface area contributed by atoms with Gasteiger partial charge in [-0.15, -0.1) is 0 Å². The summed E-state index contributed by atoms with van der Waals surface area (Å²) in [6.45, 7) is 6.56. The van der Waals surface area contributed by atoms with Crippen molar-refractivity contribution >= 4 is 0 Å². The molecule has 2 atom stereocenters. The van der Waals surface area contributed by atoms with Crippen molar-refractivity contribution in [2.45, 2.75) is 32.1 Å². The maximum Gasteiger partial charge on any atom is 0.00481 e. The van der Waals surface area contributed by atoms with Crippen LogP contribution in [0.15, 0.2) is 42.5 Å². The second kappa shape index (κ2) is 4.00. The largest absolute Gasteiger partial charge is 0.0990 e. The normalized spacial score (nSPS) is 27.6. The molecule has 1 aromatic carbocycles. The summed E-state index contributed by atoms with van der Waals surface area (Å²) in [5, 5.41) is 0. The van der Waals surface area contributed by atoms with Crippen LogP contribution in [0, 0.1) is 5.92 Å². The van der Waals surface area contributed by atoms with Crippen molar-refractivity contribution in [2.75, 3.05) is 0 Å². The van der Waals surface area contributed by atoms with Gasteiger partial charge in [-0.2, -0.15) is 0 Å². The average molecular weight is 186 g/mol. The molecule has 74 valence electrons. The Balaban J connectivity index is 2.22. The van der Waals surface area contributed by atoms with Crippen LogP contribution >= 0.6 is 0 Å². The van der Waals surface area contributed by atoms with E-state index in [1.165, 1.54) is 30.4 Å². The van der Waals surface area contributed by atoms with Gasteiger partial charge < -0.3 is 0 Å². The predicted octanol–water partition coefficient (Wildman–Crippen LogP) is 4.15. The van der Waals surface area contributed by atoms with Crippen molar-refractivity contribution in [1.82, 2.24) is 0 Å². The summed E-state index contributed by atoms with van der Waals surface area (Å²) in [4.78, 5) is 0. The van der Waals surface area contributed by atoms with Gasteiger partial charge >= 0.3 is 0 Å². The molecule has 0 N–H and O–H groups in total. The van der Waals surface area contributed by atoms with Crippen molar-refractivity contribution < 1.29 is 0 Å². The monoisotopic (exact) mass is 186 g/mol. The molecule has 2 rings (SSSR count). The number of allylic oxidation sites excluding steroid dienone is 1. The third-order valence-electron chi connectivity index (χ3n) is 3.41. The van der Waals surface area contributed by atoms with E-state index in [2.05, 4.69) is 43.8 Å². The molecular formula is C14H18. The minimum absolute atomic E-state index is 0.611. The van der Waals surface area contributed by atoms with Gasteiger partial charge in [0.05, 0.1) is 0 Å². The topological polar surface area (TPSA) is 0 Å². The minimum atomic E-state index is 0.611. The zero-order valence-electron chi connectivity index (χ0n) is 8.87. The quantitative estimate of drug-likeness (QED) is 0.578. The molecule has 1 fully saturated rings. The van der Waals surface area contributed by atoms with E-state index in [1.54, 1.807) is 0 Å². The van der Waals surface area contributed by atoms with Crippen molar-refractivity contribution in [1.29, 1.82) is 0 Å². The number of hydrogen-bond donors (Lipinski definition) is 0. The maximum atomic E-state index is 4.25. The SMILES string of the molecule is C=C1[C@H](C)CCC[C@H]1c1ccccc1.